The van der Waals surface area contributed by atoms with Gasteiger partial charge in [0.15, 0.2) is 11.5 Å². The van der Waals surface area contributed by atoms with Crippen molar-refractivity contribution in [1.29, 1.82) is 0 Å². The Labute approximate surface area is 162 Å². The number of anilines is 3. The molecule has 0 fully saturated rings. The number of ether oxygens (including phenoxy) is 2. The number of rotatable bonds is 7. The Bertz CT molecular complexity index is 961. The van der Waals surface area contributed by atoms with Crippen LogP contribution in [0.5, 0.6) is 11.5 Å². The van der Waals surface area contributed by atoms with Gasteiger partial charge in [-0.3, -0.25) is 4.79 Å². The van der Waals surface area contributed by atoms with Gasteiger partial charge < -0.3 is 20.1 Å². The number of pyridine rings is 1. The average molecular weight is 381 g/mol. The minimum atomic E-state index is -0.398. The molecule has 0 aliphatic heterocycles. The smallest absolute Gasteiger partial charge is 0.228 e. The number of carbonyl (C=O) groups excluding carboxylic acids is 1. The fourth-order valence-corrected chi connectivity index (χ4v) is 2.62. The molecular weight excluding hydrogens is 361 g/mol. The Morgan fingerprint density at radius 2 is 1.75 bits per heavy atom. The molecule has 0 aliphatic rings. The van der Waals surface area contributed by atoms with Crippen LogP contribution in [0.4, 0.5) is 21.6 Å². The summed E-state index contributed by atoms with van der Waals surface area (Å²) in [7, 11) is 3.14. The second-order valence-electron chi connectivity index (χ2n) is 5.94. The third-order valence-corrected chi connectivity index (χ3v) is 4.01. The summed E-state index contributed by atoms with van der Waals surface area (Å²) in [5, 5.41) is 5.86. The van der Waals surface area contributed by atoms with Crippen LogP contribution in [-0.4, -0.2) is 25.1 Å². The predicted molar refractivity (Wildman–Crippen MR) is 106 cm³/mol. The van der Waals surface area contributed by atoms with Crippen LogP contribution >= 0.6 is 0 Å². The third-order valence-electron chi connectivity index (χ3n) is 4.01. The summed E-state index contributed by atoms with van der Waals surface area (Å²) in [4.78, 5) is 16.4. The number of carbonyl (C=O) groups is 1. The van der Waals surface area contributed by atoms with Crippen molar-refractivity contribution in [3.8, 4) is 11.5 Å². The highest BCUT2D eigenvalue weighted by Gasteiger charge is 2.09. The summed E-state index contributed by atoms with van der Waals surface area (Å²) in [6.45, 7) is 0. The van der Waals surface area contributed by atoms with Gasteiger partial charge >= 0.3 is 0 Å². The zero-order valence-corrected chi connectivity index (χ0v) is 15.5. The zero-order chi connectivity index (χ0) is 19.9. The second kappa shape index (κ2) is 8.85. The monoisotopic (exact) mass is 381 g/mol. The van der Waals surface area contributed by atoms with Gasteiger partial charge in [0.05, 0.1) is 32.5 Å². The first-order valence-corrected chi connectivity index (χ1v) is 8.57. The highest BCUT2D eigenvalue weighted by atomic mass is 19.1. The highest BCUT2D eigenvalue weighted by Crippen LogP contribution is 2.30. The SMILES string of the molecule is COc1ccc(Nc2ccc(NC(=O)Cc3ccccc3F)cn2)cc1OC. The lowest BCUT2D eigenvalue weighted by atomic mass is 10.1. The second-order valence-corrected chi connectivity index (χ2v) is 5.94. The summed E-state index contributed by atoms with van der Waals surface area (Å²) in [5.74, 6) is 1.12. The summed E-state index contributed by atoms with van der Waals surface area (Å²) in [5.41, 5.74) is 1.65. The molecule has 2 N–H and O–H groups in total. The molecule has 0 atom stereocenters. The molecule has 0 unspecified atom stereocenters. The van der Waals surface area contributed by atoms with Crippen LogP contribution in [0.3, 0.4) is 0 Å². The lowest BCUT2D eigenvalue weighted by molar-refractivity contribution is -0.115. The van der Waals surface area contributed by atoms with Crippen molar-refractivity contribution in [1.82, 2.24) is 4.98 Å². The quantitative estimate of drug-likeness (QED) is 0.643. The van der Waals surface area contributed by atoms with Crippen molar-refractivity contribution in [2.75, 3.05) is 24.9 Å². The van der Waals surface area contributed by atoms with Gasteiger partial charge in [-0.25, -0.2) is 9.37 Å². The molecule has 0 bridgehead atoms. The van der Waals surface area contributed by atoms with E-state index < -0.39 is 5.82 Å². The first-order chi connectivity index (χ1) is 13.6. The van der Waals surface area contributed by atoms with E-state index in [-0.39, 0.29) is 12.3 Å². The lowest BCUT2D eigenvalue weighted by Crippen LogP contribution is -2.15. The van der Waals surface area contributed by atoms with E-state index in [1.807, 2.05) is 6.07 Å². The fraction of sp³-hybridized carbons (Fsp3) is 0.143. The van der Waals surface area contributed by atoms with Crippen LogP contribution in [0.25, 0.3) is 0 Å². The summed E-state index contributed by atoms with van der Waals surface area (Å²) in [6, 6.07) is 15.1. The van der Waals surface area contributed by atoms with Crippen LogP contribution in [0, 0.1) is 5.82 Å². The van der Waals surface area contributed by atoms with Crippen LogP contribution in [-0.2, 0) is 11.2 Å². The Balaban J connectivity index is 1.62. The fourth-order valence-electron chi connectivity index (χ4n) is 2.62. The first-order valence-electron chi connectivity index (χ1n) is 8.57. The maximum Gasteiger partial charge on any atom is 0.228 e. The Kier molecular flexibility index (Phi) is 6.06. The molecule has 3 aromatic rings. The van der Waals surface area contributed by atoms with E-state index in [1.165, 1.54) is 12.3 Å². The standard InChI is InChI=1S/C21H20FN3O3/c1-27-18-9-7-15(12-19(18)28-2)24-20-10-8-16(13-23-20)25-21(26)11-14-5-3-4-6-17(14)22/h3-10,12-13H,11H2,1-2H3,(H,23,24)(H,25,26). The Morgan fingerprint density at radius 1 is 1.00 bits per heavy atom. The van der Waals surface area contributed by atoms with Gasteiger partial charge in [0.1, 0.15) is 11.6 Å². The highest BCUT2D eigenvalue weighted by molar-refractivity contribution is 5.92. The third kappa shape index (κ3) is 4.76. The van der Waals surface area contributed by atoms with E-state index in [9.17, 15) is 9.18 Å². The number of nitrogens with zero attached hydrogens (tertiary/aromatic N) is 1. The molecule has 0 saturated carbocycles. The van der Waals surface area contributed by atoms with Gasteiger partial charge in [-0.15, -0.1) is 0 Å². The van der Waals surface area contributed by atoms with E-state index in [2.05, 4.69) is 15.6 Å². The van der Waals surface area contributed by atoms with E-state index >= 15 is 0 Å². The van der Waals surface area contributed by atoms with Crippen molar-refractivity contribution >= 4 is 23.1 Å². The summed E-state index contributed by atoms with van der Waals surface area (Å²) in [6.07, 6.45) is 1.49. The predicted octanol–water partition coefficient (Wildman–Crippen LogP) is 4.16. The molecule has 1 aromatic heterocycles. The molecule has 0 aliphatic carbocycles. The molecular formula is C21H20FN3O3. The summed E-state index contributed by atoms with van der Waals surface area (Å²) < 4.78 is 24.1. The molecule has 7 heteroatoms. The van der Waals surface area contributed by atoms with E-state index in [4.69, 9.17) is 9.47 Å². The van der Waals surface area contributed by atoms with E-state index in [0.717, 1.165) is 5.69 Å². The molecule has 1 heterocycles. The lowest BCUT2D eigenvalue weighted by Gasteiger charge is -2.11. The minimum absolute atomic E-state index is 0.0433. The van der Waals surface area contributed by atoms with Crippen LogP contribution in [0.1, 0.15) is 5.56 Å². The van der Waals surface area contributed by atoms with Crippen molar-refractivity contribution in [3.05, 3.63) is 72.2 Å². The first kappa shape index (κ1) is 19.2. The number of methoxy groups -OCH3 is 2. The molecule has 2 aromatic carbocycles. The number of amides is 1. The zero-order valence-electron chi connectivity index (χ0n) is 15.5. The topological polar surface area (TPSA) is 72.5 Å². The number of hydrogen-bond donors (Lipinski definition) is 2. The van der Waals surface area contributed by atoms with Crippen molar-refractivity contribution in [2.45, 2.75) is 6.42 Å². The molecule has 0 spiro atoms. The van der Waals surface area contributed by atoms with Gasteiger partial charge in [-0.1, -0.05) is 18.2 Å². The van der Waals surface area contributed by atoms with Crippen molar-refractivity contribution in [2.24, 2.45) is 0 Å². The number of benzene rings is 2. The van der Waals surface area contributed by atoms with Crippen molar-refractivity contribution in [3.63, 3.8) is 0 Å². The Hall–Kier alpha value is -3.61. The molecule has 3 rings (SSSR count). The number of hydrogen-bond acceptors (Lipinski definition) is 5. The molecule has 6 nitrogen and oxygen atoms in total. The Morgan fingerprint density at radius 3 is 2.43 bits per heavy atom. The summed E-state index contributed by atoms with van der Waals surface area (Å²) >= 11 is 0. The van der Waals surface area contributed by atoms with Crippen LogP contribution in [0.15, 0.2) is 60.8 Å². The largest absolute Gasteiger partial charge is 0.493 e. The number of nitrogens with one attached hydrogen (secondary N) is 2. The maximum absolute atomic E-state index is 13.6. The van der Waals surface area contributed by atoms with E-state index in [0.29, 0.717) is 28.6 Å². The average Bonchev–Trinajstić information content (AvgIpc) is 2.71. The molecule has 28 heavy (non-hydrogen) atoms. The number of aromatic nitrogens is 1. The molecule has 144 valence electrons. The molecule has 0 saturated heterocycles. The number of halogens is 1. The van der Waals surface area contributed by atoms with Gasteiger partial charge in [0.2, 0.25) is 5.91 Å². The van der Waals surface area contributed by atoms with Gasteiger partial charge in [0.25, 0.3) is 0 Å². The minimum Gasteiger partial charge on any atom is -0.493 e. The maximum atomic E-state index is 13.6. The van der Waals surface area contributed by atoms with E-state index in [1.54, 1.807) is 56.7 Å². The van der Waals surface area contributed by atoms with Crippen LogP contribution < -0.4 is 20.1 Å². The van der Waals surface area contributed by atoms with Crippen molar-refractivity contribution < 1.29 is 18.7 Å². The normalized spacial score (nSPS) is 10.2. The van der Waals surface area contributed by atoms with Crippen LogP contribution in [0.2, 0.25) is 0 Å². The molecule has 0 radical (unpaired) electrons. The van der Waals surface area contributed by atoms with Gasteiger partial charge in [-0.2, -0.15) is 0 Å². The van der Waals surface area contributed by atoms with Gasteiger partial charge in [0, 0.05) is 11.8 Å². The van der Waals surface area contributed by atoms with Gasteiger partial charge in [-0.05, 0) is 35.9 Å². The molecule has 1 amide bonds.